The number of nitrogens with one attached hydrogen (secondary N) is 1. The van der Waals surface area contributed by atoms with E-state index in [4.69, 9.17) is 4.74 Å². The van der Waals surface area contributed by atoms with Gasteiger partial charge in [-0.05, 0) is 36.2 Å². The lowest BCUT2D eigenvalue weighted by molar-refractivity contribution is -0.0512. The topological polar surface area (TPSA) is 60.5 Å². The van der Waals surface area contributed by atoms with Gasteiger partial charge in [0, 0.05) is 12.1 Å². The molecule has 1 aromatic heterocycles. The molecule has 2 aromatic carbocycles. The number of hydrogen-bond acceptors (Lipinski definition) is 5. The van der Waals surface area contributed by atoms with Crippen molar-refractivity contribution in [3.63, 3.8) is 0 Å². The Kier molecular flexibility index (Phi) is 6.71. The number of rotatable bonds is 8. The highest BCUT2D eigenvalue weighted by atomic mass is 32.1. The van der Waals surface area contributed by atoms with Gasteiger partial charge in [-0.3, -0.25) is 4.79 Å². The van der Waals surface area contributed by atoms with E-state index in [1.54, 1.807) is 24.3 Å². The third-order valence-electron chi connectivity index (χ3n) is 3.98. The van der Waals surface area contributed by atoms with E-state index in [1.165, 1.54) is 31.5 Å². The molecule has 29 heavy (non-hydrogen) atoms. The van der Waals surface area contributed by atoms with Gasteiger partial charge in [0.15, 0.2) is 11.5 Å². The maximum absolute atomic E-state index is 13.8. The molecule has 0 aliphatic carbocycles. The summed E-state index contributed by atoms with van der Waals surface area (Å²) < 4.78 is 48.3. The van der Waals surface area contributed by atoms with E-state index in [9.17, 15) is 18.0 Å². The van der Waals surface area contributed by atoms with E-state index in [0.717, 1.165) is 11.3 Å². The average molecular weight is 422 g/mol. The molecule has 3 rings (SSSR count). The van der Waals surface area contributed by atoms with Gasteiger partial charge < -0.3 is 14.8 Å². The molecule has 1 amide bonds. The Hall–Kier alpha value is -3.07. The Morgan fingerprint density at radius 1 is 1.21 bits per heavy atom. The summed E-state index contributed by atoms with van der Waals surface area (Å²) in [5, 5.41) is 3.15. The first kappa shape index (κ1) is 20.7. The predicted octanol–water partition coefficient (Wildman–Crippen LogP) is 4.53. The fraction of sp³-hybridized carbons (Fsp3) is 0.200. The van der Waals surface area contributed by atoms with E-state index >= 15 is 0 Å². The van der Waals surface area contributed by atoms with Crippen molar-refractivity contribution in [3.8, 4) is 22.1 Å². The second kappa shape index (κ2) is 9.42. The van der Waals surface area contributed by atoms with Gasteiger partial charge in [-0.25, -0.2) is 9.37 Å². The van der Waals surface area contributed by atoms with Crippen LogP contribution in [0.15, 0.2) is 48.7 Å². The van der Waals surface area contributed by atoms with E-state index in [2.05, 4.69) is 15.0 Å². The highest BCUT2D eigenvalue weighted by Crippen LogP contribution is 2.30. The number of thiazole rings is 1. The number of nitrogens with zero attached hydrogens (tertiary/aromatic N) is 1. The molecule has 0 aliphatic heterocycles. The van der Waals surface area contributed by atoms with Crippen molar-refractivity contribution in [1.82, 2.24) is 10.3 Å². The zero-order chi connectivity index (χ0) is 20.8. The highest BCUT2D eigenvalue weighted by molar-refractivity contribution is 7.16. The number of ether oxygens (including phenoxy) is 2. The number of aromatic nitrogens is 1. The van der Waals surface area contributed by atoms with Crippen LogP contribution in [-0.2, 0) is 6.42 Å². The van der Waals surface area contributed by atoms with Crippen molar-refractivity contribution < 1.29 is 27.4 Å². The molecule has 0 fully saturated rings. The quantitative estimate of drug-likeness (QED) is 0.579. The molecule has 0 spiro atoms. The summed E-state index contributed by atoms with van der Waals surface area (Å²) in [4.78, 5) is 16.8. The number of amides is 1. The maximum atomic E-state index is 13.8. The maximum Gasteiger partial charge on any atom is 0.387 e. The summed E-state index contributed by atoms with van der Waals surface area (Å²) in [5.41, 5.74) is 1.03. The van der Waals surface area contributed by atoms with Crippen LogP contribution in [0.25, 0.3) is 10.6 Å². The molecular formula is C20H17F3N2O3S. The number of carbonyl (C=O) groups excluding carboxylic acids is 1. The van der Waals surface area contributed by atoms with Crippen molar-refractivity contribution in [3.05, 3.63) is 64.9 Å². The number of hydrogen-bond donors (Lipinski definition) is 1. The second-order valence-corrected chi connectivity index (χ2v) is 6.91. The second-order valence-electron chi connectivity index (χ2n) is 5.88. The van der Waals surface area contributed by atoms with Crippen LogP contribution in [0.4, 0.5) is 13.2 Å². The Labute approximate surface area is 169 Å². The lowest BCUT2D eigenvalue weighted by Gasteiger charge is -2.11. The van der Waals surface area contributed by atoms with Crippen LogP contribution in [0.2, 0.25) is 0 Å². The minimum absolute atomic E-state index is 0.0664. The molecule has 9 heteroatoms. The molecule has 5 nitrogen and oxygen atoms in total. The molecular weight excluding hydrogens is 405 g/mol. The third-order valence-corrected chi connectivity index (χ3v) is 5.01. The largest absolute Gasteiger partial charge is 0.493 e. The van der Waals surface area contributed by atoms with Gasteiger partial charge in [0.2, 0.25) is 0 Å². The molecule has 0 saturated carbocycles. The van der Waals surface area contributed by atoms with Crippen LogP contribution >= 0.6 is 11.3 Å². The first-order valence-corrected chi connectivity index (χ1v) is 9.40. The average Bonchev–Trinajstić information content (AvgIpc) is 3.18. The molecule has 152 valence electrons. The fourth-order valence-corrected chi connectivity index (χ4v) is 3.47. The number of carbonyl (C=O) groups is 1. The van der Waals surface area contributed by atoms with Gasteiger partial charge >= 0.3 is 6.61 Å². The van der Waals surface area contributed by atoms with Crippen molar-refractivity contribution in [1.29, 1.82) is 0 Å². The third kappa shape index (κ3) is 5.26. The van der Waals surface area contributed by atoms with Crippen molar-refractivity contribution >= 4 is 17.2 Å². The first-order chi connectivity index (χ1) is 14.0. The minimum atomic E-state index is -2.96. The van der Waals surface area contributed by atoms with Gasteiger partial charge in [0.05, 0.1) is 13.3 Å². The summed E-state index contributed by atoms with van der Waals surface area (Å²) in [6, 6.07) is 10.9. The Morgan fingerprint density at radius 3 is 2.72 bits per heavy atom. The minimum Gasteiger partial charge on any atom is -0.493 e. The first-order valence-electron chi connectivity index (χ1n) is 8.58. The van der Waals surface area contributed by atoms with Crippen LogP contribution in [0.3, 0.4) is 0 Å². The summed E-state index contributed by atoms with van der Waals surface area (Å²) in [6.45, 7) is -2.69. The zero-order valence-electron chi connectivity index (χ0n) is 15.3. The normalized spacial score (nSPS) is 10.8. The van der Waals surface area contributed by atoms with E-state index in [1.807, 2.05) is 0 Å². The lowest BCUT2D eigenvalue weighted by Crippen LogP contribution is -2.24. The highest BCUT2D eigenvalue weighted by Gasteiger charge is 2.14. The molecule has 1 heterocycles. The number of halogens is 3. The molecule has 0 saturated heterocycles. The van der Waals surface area contributed by atoms with Crippen LogP contribution in [-0.4, -0.2) is 31.2 Å². The number of benzene rings is 2. The molecule has 0 unspecified atom stereocenters. The van der Waals surface area contributed by atoms with Gasteiger partial charge in [-0.1, -0.05) is 18.2 Å². The van der Waals surface area contributed by atoms with Crippen molar-refractivity contribution in [2.45, 2.75) is 13.0 Å². The number of alkyl halides is 2. The van der Waals surface area contributed by atoms with E-state index < -0.39 is 12.4 Å². The fourth-order valence-electron chi connectivity index (χ4n) is 2.61. The van der Waals surface area contributed by atoms with Gasteiger partial charge in [-0.15, -0.1) is 11.3 Å². The summed E-state index contributed by atoms with van der Waals surface area (Å²) in [5.74, 6) is -0.621. The molecule has 0 atom stereocenters. The van der Waals surface area contributed by atoms with Gasteiger partial charge in [0.25, 0.3) is 5.91 Å². The molecule has 1 N–H and O–H groups in total. The summed E-state index contributed by atoms with van der Waals surface area (Å²) >= 11 is 1.09. The van der Waals surface area contributed by atoms with Crippen LogP contribution in [0.5, 0.6) is 11.5 Å². The van der Waals surface area contributed by atoms with Crippen LogP contribution in [0.1, 0.15) is 15.2 Å². The van der Waals surface area contributed by atoms with Crippen LogP contribution < -0.4 is 14.8 Å². The van der Waals surface area contributed by atoms with Crippen molar-refractivity contribution in [2.24, 2.45) is 0 Å². The number of methoxy groups -OCH3 is 1. The Morgan fingerprint density at radius 2 is 2.00 bits per heavy atom. The van der Waals surface area contributed by atoms with Gasteiger partial charge in [-0.2, -0.15) is 8.78 Å². The van der Waals surface area contributed by atoms with E-state index in [-0.39, 0.29) is 24.0 Å². The zero-order valence-corrected chi connectivity index (χ0v) is 16.1. The smallest absolute Gasteiger partial charge is 0.387 e. The molecule has 0 aliphatic rings. The monoisotopic (exact) mass is 422 g/mol. The summed E-state index contributed by atoms with van der Waals surface area (Å²) in [7, 11) is 1.36. The van der Waals surface area contributed by atoms with Crippen molar-refractivity contribution in [2.75, 3.05) is 13.7 Å². The Balaban J connectivity index is 1.60. The lowest BCUT2D eigenvalue weighted by atomic mass is 10.1. The van der Waals surface area contributed by atoms with E-state index in [0.29, 0.717) is 27.4 Å². The molecule has 0 bridgehead atoms. The molecule has 0 radical (unpaired) electrons. The standard InChI is InChI=1S/C20H17F3N2O3S/c1-27-15-7-6-12(10-16(15)28-20(22)23)8-9-24-18(26)17-11-25-19(29-17)13-4-2-3-5-14(13)21/h2-7,10-11,20H,8-9H2,1H3,(H,24,26). The molecule has 3 aromatic rings. The summed E-state index contributed by atoms with van der Waals surface area (Å²) in [6.07, 6.45) is 1.79. The Bertz CT molecular complexity index is 995. The van der Waals surface area contributed by atoms with Crippen LogP contribution in [0, 0.1) is 5.82 Å². The SMILES string of the molecule is COc1ccc(CCNC(=O)c2cnc(-c3ccccc3F)s2)cc1OC(F)F. The predicted molar refractivity (Wildman–Crippen MR) is 103 cm³/mol. The van der Waals surface area contributed by atoms with Gasteiger partial charge in [0.1, 0.15) is 15.7 Å².